The summed E-state index contributed by atoms with van der Waals surface area (Å²) in [6.45, 7) is 2.14. The second-order valence-electron chi connectivity index (χ2n) is 4.44. The SMILES string of the molecule is CCNC(=O)C1C(=O)NC(=O)c2cc(OC)c(OC)cc21. The molecule has 0 radical (unpaired) electrons. The summed E-state index contributed by atoms with van der Waals surface area (Å²) in [6, 6.07) is 2.95. The van der Waals surface area contributed by atoms with Crippen LogP contribution in [0.2, 0.25) is 0 Å². The molecule has 112 valence electrons. The molecule has 2 rings (SSSR count). The molecule has 0 saturated carbocycles. The van der Waals surface area contributed by atoms with Gasteiger partial charge in [-0.3, -0.25) is 19.7 Å². The summed E-state index contributed by atoms with van der Waals surface area (Å²) < 4.78 is 10.3. The van der Waals surface area contributed by atoms with E-state index in [1.807, 2.05) is 0 Å². The van der Waals surface area contributed by atoms with Crippen LogP contribution in [0.25, 0.3) is 0 Å². The average Bonchev–Trinajstić information content (AvgIpc) is 2.46. The van der Waals surface area contributed by atoms with Gasteiger partial charge in [-0.05, 0) is 24.6 Å². The lowest BCUT2D eigenvalue weighted by Gasteiger charge is -2.24. The van der Waals surface area contributed by atoms with Crippen LogP contribution in [0.5, 0.6) is 11.5 Å². The average molecular weight is 292 g/mol. The fourth-order valence-corrected chi connectivity index (χ4v) is 2.26. The second-order valence-corrected chi connectivity index (χ2v) is 4.44. The number of ether oxygens (including phenoxy) is 2. The van der Waals surface area contributed by atoms with Crippen LogP contribution in [0.3, 0.4) is 0 Å². The van der Waals surface area contributed by atoms with Gasteiger partial charge in [0.25, 0.3) is 5.91 Å². The largest absolute Gasteiger partial charge is 0.493 e. The van der Waals surface area contributed by atoms with Crippen molar-refractivity contribution in [3.05, 3.63) is 23.3 Å². The Labute approximate surface area is 121 Å². The normalized spacial score (nSPS) is 16.8. The predicted molar refractivity (Wildman–Crippen MR) is 73.4 cm³/mol. The molecular formula is C14H16N2O5. The van der Waals surface area contributed by atoms with Crippen LogP contribution in [0.15, 0.2) is 12.1 Å². The van der Waals surface area contributed by atoms with Crippen LogP contribution in [-0.2, 0) is 9.59 Å². The fourth-order valence-electron chi connectivity index (χ4n) is 2.26. The van der Waals surface area contributed by atoms with Crippen LogP contribution < -0.4 is 20.1 Å². The highest BCUT2D eigenvalue weighted by Crippen LogP contribution is 2.35. The standard InChI is InChI=1S/C14H16N2O5/c1-4-15-13(18)11-7-5-9(20-2)10(21-3)6-8(7)12(17)16-14(11)19/h5-6,11H,4H2,1-3H3,(H,15,18)(H,16,17,19). The van der Waals surface area contributed by atoms with Crippen molar-refractivity contribution in [2.24, 2.45) is 0 Å². The summed E-state index contributed by atoms with van der Waals surface area (Å²) in [5, 5.41) is 4.76. The van der Waals surface area contributed by atoms with Crippen LogP contribution >= 0.6 is 0 Å². The van der Waals surface area contributed by atoms with Crippen LogP contribution in [-0.4, -0.2) is 38.5 Å². The quantitative estimate of drug-likeness (QED) is 0.610. The molecule has 1 aliphatic rings. The first-order valence-corrected chi connectivity index (χ1v) is 6.42. The number of benzene rings is 1. The van der Waals surface area contributed by atoms with Crippen molar-refractivity contribution in [3.8, 4) is 11.5 Å². The third-order valence-corrected chi connectivity index (χ3v) is 3.22. The Bertz CT molecular complexity index is 612. The highest BCUT2D eigenvalue weighted by atomic mass is 16.5. The van der Waals surface area contributed by atoms with Gasteiger partial charge in [-0.15, -0.1) is 0 Å². The lowest BCUT2D eigenvalue weighted by molar-refractivity contribution is -0.131. The second kappa shape index (κ2) is 5.82. The molecule has 1 heterocycles. The minimum Gasteiger partial charge on any atom is -0.493 e. The first-order valence-electron chi connectivity index (χ1n) is 6.42. The predicted octanol–water partition coefficient (Wildman–Crippen LogP) is 0.194. The summed E-state index contributed by atoms with van der Waals surface area (Å²) in [4.78, 5) is 36.0. The maximum Gasteiger partial charge on any atom is 0.258 e. The molecule has 0 spiro atoms. The zero-order valence-corrected chi connectivity index (χ0v) is 12.0. The van der Waals surface area contributed by atoms with Crippen LogP contribution in [0, 0.1) is 0 Å². The molecular weight excluding hydrogens is 276 g/mol. The third-order valence-electron chi connectivity index (χ3n) is 3.22. The van der Waals surface area contributed by atoms with Gasteiger partial charge in [-0.2, -0.15) is 0 Å². The van der Waals surface area contributed by atoms with E-state index in [1.165, 1.54) is 26.4 Å². The Balaban J connectivity index is 2.59. The third kappa shape index (κ3) is 2.54. The summed E-state index contributed by atoms with van der Waals surface area (Å²) >= 11 is 0. The van der Waals surface area contributed by atoms with Crippen molar-refractivity contribution in [2.45, 2.75) is 12.8 Å². The summed E-state index contributed by atoms with van der Waals surface area (Å²) in [5.41, 5.74) is 0.538. The van der Waals surface area contributed by atoms with E-state index in [0.717, 1.165) is 0 Å². The molecule has 1 unspecified atom stereocenters. The van der Waals surface area contributed by atoms with Gasteiger partial charge in [0.1, 0.15) is 5.92 Å². The van der Waals surface area contributed by atoms with E-state index in [2.05, 4.69) is 10.6 Å². The van der Waals surface area contributed by atoms with Gasteiger partial charge in [-0.25, -0.2) is 0 Å². The number of hydrogen-bond donors (Lipinski definition) is 2. The first-order chi connectivity index (χ1) is 10.0. The Morgan fingerprint density at radius 1 is 1.24 bits per heavy atom. The number of amides is 3. The van der Waals surface area contributed by atoms with E-state index in [4.69, 9.17) is 9.47 Å². The number of carbonyl (C=O) groups excluding carboxylic acids is 3. The Morgan fingerprint density at radius 2 is 1.86 bits per heavy atom. The highest BCUT2D eigenvalue weighted by Gasteiger charge is 2.38. The fraction of sp³-hybridized carbons (Fsp3) is 0.357. The number of fused-ring (bicyclic) bond motifs is 1. The van der Waals surface area contributed by atoms with Crippen molar-refractivity contribution in [2.75, 3.05) is 20.8 Å². The summed E-state index contributed by atoms with van der Waals surface area (Å²) in [6.07, 6.45) is 0. The van der Waals surface area contributed by atoms with Crippen molar-refractivity contribution < 1.29 is 23.9 Å². The molecule has 1 aliphatic heterocycles. The number of imide groups is 1. The van der Waals surface area contributed by atoms with Gasteiger partial charge < -0.3 is 14.8 Å². The Morgan fingerprint density at radius 3 is 2.43 bits per heavy atom. The van der Waals surface area contributed by atoms with Crippen molar-refractivity contribution in [1.29, 1.82) is 0 Å². The Kier molecular flexibility index (Phi) is 4.11. The topological polar surface area (TPSA) is 93.7 Å². The van der Waals surface area contributed by atoms with Gasteiger partial charge in [-0.1, -0.05) is 0 Å². The number of methoxy groups -OCH3 is 2. The zero-order valence-electron chi connectivity index (χ0n) is 12.0. The van der Waals surface area contributed by atoms with Crippen LogP contribution in [0.4, 0.5) is 0 Å². The lowest BCUT2D eigenvalue weighted by Crippen LogP contribution is -2.46. The van der Waals surface area contributed by atoms with Crippen molar-refractivity contribution in [1.82, 2.24) is 10.6 Å². The highest BCUT2D eigenvalue weighted by molar-refractivity contribution is 6.19. The summed E-state index contributed by atoms with van der Waals surface area (Å²) in [7, 11) is 2.88. The molecule has 0 aliphatic carbocycles. The van der Waals surface area contributed by atoms with Gasteiger partial charge in [0.05, 0.1) is 14.2 Å². The van der Waals surface area contributed by atoms with E-state index in [0.29, 0.717) is 23.6 Å². The van der Waals surface area contributed by atoms with Gasteiger partial charge >= 0.3 is 0 Å². The Hall–Kier alpha value is -2.57. The van der Waals surface area contributed by atoms with E-state index < -0.39 is 23.6 Å². The van der Waals surface area contributed by atoms with Gasteiger partial charge in [0.2, 0.25) is 11.8 Å². The van der Waals surface area contributed by atoms with Crippen molar-refractivity contribution in [3.63, 3.8) is 0 Å². The molecule has 3 amide bonds. The first kappa shape index (κ1) is 14.8. The lowest BCUT2D eigenvalue weighted by atomic mass is 9.88. The molecule has 0 fully saturated rings. The van der Waals surface area contributed by atoms with E-state index in [-0.39, 0.29) is 5.56 Å². The maximum atomic E-state index is 12.1. The number of likely N-dealkylation sites (N-methyl/N-ethyl adjacent to an activating group) is 1. The number of rotatable bonds is 4. The van der Waals surface area contributed by atoms with E-state index in [9.17, 15) is 14.4 Å². The number of hydrogen-bond acceptors (Lipinski definition) is 5. The molecule has 0 aromatic heterocycles. The van der Waals surface area contributed by atoms with E-state index in [1.54, 1.807) is 6.92 Å². The minimum absolute atomic E-state index is 0.225. The molecule has 21 heavy (non-hydrogen) atoms. The smallest absolute Gasteiger partial charge is 0.258 e. The summed E-state index contributed by atoms with van der Waals surface area (Å²) in [5.74, 6) is -2.04. The molecule has 1 atom stereocenters. The molecule has 7 nitrogen and oxygen atoms in total. The van der Waals surface area contributed by atoms with Crippen LogP contribution in [0.1, 0.15) is 28.8 Å². The van der Waals surface area contributed by atoms with E-state index >= 15 is 0 Å². The zero-order chi connectivity index (χ0) is 15.6. The maximum absolute atomic E-state index is 12.1. The number of nitrogens with one attached hydrogen (secondary N) is 2. The molecule has 1 aromatic rings. The molecule has 2 N–H and O–H groups in total. The molecule has 0 bridgehead atoms. The molecule has 7 heteroatoms. The van der Waals surface area contributed by atoms with Gasteiger partial charge in [0, 0.05) is 12.1 Å². The van der Waals surface area contributed by atoms with Crippen molar-refractivity contribution >= 4 is 17.7 Å². The molecule has 0 saturated heterocycles. The van der Waals surface area contributed by atoms with Gasteiger partial charge in [0.15, 0.2) is 11.5 Å². The monoisotopic (exact) mass is 292 g/mol. The minimum atomic E-state index is -1.09. The number of carbonyl (C=O) groups is 3. The molecule has 1 aromatic carbocycles.